The number of fused-ring (bicyclic) bond motifs is 1. The molecule has 1 unspecified atom stereocenters. The van der Waals surface area contributed by atoms with Crippen molar-refractivity contribution in [1.82, 2.24) is 9.80 Å². The van der Waals surface area contributed by atoms with Crippen LogP contribution in [0.3, 0.4) is 0 Å². The minimum atomic E-state index is -0.0253. The van der Waals surface area contributed by atoms with Gasteiger partial charge in [0.15, 0.2) is 0 Å². The number of methoxy groups -OCH3 is 1. The van der Waals surface area contributed by atoms with Crippen molar-refractivity contribution in [3.8, 4) is 5.75 Å². The molecule has 0 aromatic heterocycles. The van der Waals surface area contributed by atoms with E-state index in [2.05, 4.69) is 29.2 Å². The minimum Gasteiger partial charge on any atom is -0.496 e. The van der Waals surface area contributed by atoms with Crippen molar-refractivity contribution in [3.05, 3.63) is 65.7 Å². The van der Waals surface area contributed by atoms with Crippen LogP contribution in [0.15, 0.2) is 54.6 Å². The molecule has 5 heteroatoms. The largest absolute Gasteiger partial charge is 0.496 e. The van der Waals surface area contributed by atoms with Gasteiger partial charge in [0.2, 0.25) is 11.8 Å². The maximum Gasteiger partial charge on any atom is 0.230 e. The third kappa shape index (κ3) is 5.10. The average molecular weight is 475 g/mol. The number of para-hydroxylation sites is 1. The summed E-state index contributed by atoms with van der Waals surface area (Å²) in [4.78, 5) is 31.5. The van der Waals surface area contributed by atoms with Gasteiger partial charge in [0.1, 0.15) is 5.75 Å². The topological polar surface area (TPSA) is 49.9 Å². The van der Waals surface area contributed by atoms with Gasteiger partial charge in [-0.2, -0.15) is 0 Å². The highest BCUT2D eigenvalue weighted by Crippen LogP contribution is 2.41. The van der Waals surface area contributed by atoms with E-state index in [1.54, 1.807) is 7.11 Å². The summed E-state index contributed by atoms with van der Waals surface area (Å²) < 4.78 is 5.45. The molecule has 0 bridgehead atoms. The second-order valence-corrected chi connectivity index (χ2v) is 10.6. The maximum atomic E-state index is 14.1. The molecule has 186 valence electrons. The molecule has 1 aliphatic carbocycles. The Morgan fingerprint density at radius 2 is 1.66 bits per heavy atom. The SMILES string of the molecule is COc1ccccc1CC(=O)N1CC[C@H]2[C@@H](CCCN2C(=O)C(c2ccccc2)C2CCCC2)C1. The van der Waals surface area contributed by atoms with Crippen LogP contribution >= 0.6 is 0 Å². The van der Waals surface area contributed by atoms with Crippen molar-refractivity contribution in [2.24, 2.45) is 11.8 Å². The summed E-state index contributed by atoms with van der Waals surface area (Å²) >= 11 is 0. The number of likely N-dealkylation sites (tertiary alicyclic amines) is 2. The van der Waals surface area contributed by atoms with Crippen molar-refractivity contribution in [3.63, 3.8) is 0 Å². The first-order chi connectivity index (χ1) is 17.2. The van der Waals surface area contributed by atoms with E-state index in [0.29, 0.717) is 24.2 Å². The monoisotopic (exact) mass is 474 g/mol. The molecule has 0 radical (unpaired) electrons. The van der Waals surface area contributed by atoms with Gasteiger partial charge in [-0.15, -0.1) is 0 Å². The molecule has 3 fully saturated rings. The summed E-state index contributed by atoms with van der Waals surface area (Å²) in [6.07, 6.45) is 8.12. The molecule has 3 atom stereocenters. The third-order valence-corrected chi connectivity index (χ3v) is 8.53. The Hall–Kier alpha value is -2.82. The standard InChI is InChI=1S/C30H38N2O3/c1-35-27-16-8-7-14-24(27)20-28(33)31-19-17-26-25(21-31)15-9-18-32(26)30(34)29(23-12-5-6-13-23)22-10-3-2-4-11-22/h2-4,7-8,10-11,14,16,23,25-26,29H,5-6,9,12-13,15,17-21H2,1H3/t25-,26-,29?/m0/s1. The maximum absolute atomic E-state index is 14.1. The lowest BCUT2D eigenvalue weighted by Crippen LogP contribution is -2.57. The summed E-state index contributed by atoms with van der Waals surface area (Å²) in [5.74, 6) is 2.04. The van der Waals surface area contributed by atoms with Gasteiger partial charge in [0, 0.05) is 31.2 Å². The van der Waals surface area contributed by atoms with Gasteiger partial charge >= 0.3 is 0 Å². The van der Waals surface area contributed by atoms with E-state index < -0.39 is 0 Å². The van der Waals surface area contributed by atoms with Gasteiger partial charge in [0.05, 0.1) is 19.4 Å². The van der Waals surface area contributed by atoms with Crippen LogP contribution in [0.1, 0.15) is 62.0 Å². The lowest BCUT2D eigenvalue weighted by atomic mass is 9.79. The van der Waals surface area contributed by atoms with Crippen molar-refractivity contribution in [1.29, 1.82) is 0 Å². The zero-order valence-corrected chi connectivity index (χ0v) is 20.9. The zero-order chi connectivity index (χ0) is 24.2. The Morgan fingerprint density at radius 3 is 2.43 bits per heavy atom. The van der Waals surface area contributed by atoms with Gasteiger partial charge in [-0.3, -0.25) is 9.59 Å². The second kappa shape index (κ2) is 10.8. The molecule has 2 heterocycles. The molecule has 35 heavy (non-hydrogen) atoms. The first-order valence-electron chi connectivity index (χ1n) is 13.4. The van der Waals surface area contributed by atoms with Gasteiger partial charge in [-0.1, -0.05) is 61.4 Å². The number of ether oxygens (including phenoxy) is 1. The van der Waals surface area contributed by atoms with Crippen LogP contribution in [0.5, 0.6) is 5.75 Å². The Morgan fingerprint density at radius 1 is 0.914 bits per heavy atom. The molecule has 0 spiro atoms. The van der Waals surface area contributed by atoms with Gasteiger partial charge in [-0.05, 0) is 55.6 Å². The van der Waals surface area contributed by atoms with Crippen LogP contribution in [0.4, 0.5) is 0 Å². The predicted octanol–water partition coefficient (Wildman–Crippen LogP) is 5.05. The minimum absolute atomic E-state index is 0.0253. The first kappa shape index (κ1) is 23.9. The van der Waals surface area contributed by atoms with Crippen LogP contribution in [0, 0.1) is 11.8 Å². The van der Waals surface area contributed by atoms with Crippen LogP contribution in [0.2, 0.25) is 0 Å². The number of piperidine rings is 2. The lowest BCUT2D eigenvalue weighted by Gasteiger charge is -2.48. The van der Waals surface area contributed by atoms with E-state index in [9.17, 15) is 9.59 Å². The molecule has 1 saturated carbocycles. The molecular weight excluding hydrogens is 436 g/mol. The normalized spacial score (nSPS) is 23.6. The van der Waals surface area contributed by atoms with E-state index in [-0.39, 0.29) is 17.9 Å². The number of hydrogen-bond donors (Lipinski definition) is 0. The fraction of sp³-hybridized carbons (Fsp3) is 0.533. The second-order valence-electron chi connectivity index (χ2n) is 10.6. The molecule has 0 N–H and O–H groups in total. The number of carbonyl (C=O) groups is 2. The Kier molecular flexibility index (Phi) is 7.40. The van der Waals surface area contributed by atoms with E-state index >= 15 is 0 Å². The number of carbonyl (C=O) groups excluding carboxylic acids is 2. The summed E-state index contributed by atoms with van der Waals surface area (Å²) in [5.41, 5.74) is 2.11. The van der Waals surface area contributed by atoms with Crippen molar-refractivity contribution in [2.75, 3.05) is 26.7 Å². The highest BCUT2D eigenvalue weighted by atomic mass is 16.5. The molecule has 2 amide bonds. The van der Waals surface area contributed by atoms with Crippen LogP contribution in [0.25, 0.3) is 0 Å². The third-order valence-electron chi connectivity index (χ3n) is 8.53. The van der Waals surface area contributed by atoms with Crippen LogP contribution in [-0.4, -0.2) is 54.4 Å². The zero-order valence-electron chi connectivity index (χ0n) is 20.9. The molecule has 2 aliphatic heterocycles. The Labute approximate surface area is 209 Å². The fourth-order valence-electron chi connectivity index (χ4n) is 6.77. The number of benzene rings is 2. The van der Waals surface area contributed by atoms with Gasteiger partial charge < -0.3 is 14.5 Å². The molecule has 5 rings (SSSR count). The fourth-order valence-corrected chi connectivity index (χ4v) is 6.77. The summed E-state index contributed by atoms with van der Waals surface area (Å²) in [5, 5.41) is 0. The number of rotatable bonds is 6. The summed E-state index contributed by atoms with van der Waals surface area (Å²) in [6.45, 7) is 2.32. The van der Waals surface area contributed by atoms with Crippen LogP contribution < -0.4 is 4.74 Å². The first-order valence-corrected chi connectivity index (χ1v) is 13.4. The number of nitrogens with zero attached hydrogens (tertiary/aromatic N) is 2. The number of amides is 2. The van der Waals surface area contributed by atoms with E-state index in [1.165, 1.54) is 18.4 Å². The molecule has 2 saturated heterocycles. The molecule has 2 aromatic carbocycles. The van der Waals surface area contributed by atoms with E-state index in [4.69, 9.17) is 4.74 Å². The van der Waals surface area contributed by atoms with Crippen molar-refractivity contribution in [2.45, 2.75) is 63.3 Å². The molecule has 3 aliphatic rings. The van der Waals surface area contributed by atoms with Crippen molar-refractivity contribution >= 4 is 11.8 Å². The Balaban J connectivity index is 1.28. The highest BCUT2D eigenvalue weighted by molar-refractivity contribution is 5.85. The Bertz CT molecular complexity index is 1020. The molecule has 5 nitrogen and oxygen atoms in total. The quantitative estimate of drug-likeness (QED) is 0.589. The van der Waals surface area contributed by atoms with Crippen molar-refractivity contribution < 1.29 is 14.3 Å². The molecule has 2 aromatic rings. The average Bonchev–Trinajstić information content (AvgIpc) is 3.43. The van der Waals surface area contributed by atoms with Gasteiger partial charge in [0.25, 0.3) is 0 Å². The highest BCUT2D eigenvalue weighted by Gasteiger charge is 2.43. The molecular formula is C30H38N2O3. The van der Waals surface area contributed by atoms with E-state index in [1.807, 2.05) is 35.2 Å². The smallest absolute Gasteiger partial charge is 0.230 e. The predicted molar refractivity (Wildman–Crippen MR) is 137 cm³/mol. The summed E-state index contributed by atoms with van der Waals surface area (Å²) in [7, 11) is 1.65. The lowest BCUT2D eigenvalue weighted by molar-refractivity contribution is -0.143. The van der Waals surface area contributed by atoms with Crippen LogP contribution in [-0.2, 0) is 16.0 Å². The number of hydrogen-bond acceptors (Lipinski definition) is 3. The summed E-state index contributed by atoms with van der Waals surface area (Å²) in [6, 6.07) is 18.5. The van der Waals surface area contributed by atoms with Gasteiger partial charge in [-0.25, -0.2) is 0 Å². The van der Waals surface area contributed by atoms with E-state index in [0.717, 1.165) is 63.1 Å².